The fourth-order valence-electron chi connectivity index (χ4n) is 2.00. The van der Waals surface area contributed by atoms with E-state index in [1.165, 1.54) is 17.5 Å². The van der Waals surface area contributed by atoms with Crippen molar-refractivity contribution in [2.45, 2.75) is 25.8 Å². The summed E-state index contributed by atoms with van der Waals surface area (Å²) in [6.07, 6.45) is 2.20. The summed E-state index contributed by atoms with van der Waals surface area (Å²) in [6.45, 7) is 3.27. The van der Waals surface area contributed by atoms with Gasteiger partial charge in [-0.3, -0.25) is 0 Å². The van der Waals surface area contributed by atoms with Crippen LogP contribution in [-0.2, 0) is 6.42 Å². The first-order valence-corrected chi connectivity index (χ1v) is 8.03. The number of hydrogen-bond acceptors (Lipinski definition) is 2. The predicted octanol–water partition coefficient (Wildman–Crippen LogP) is 4.79. The van der Waals surface area contributed by atoms with Gasteiger partial charge >= 0.3 is 0 Å². The van der Waals surface area contributed by atoms with Gasteiger partial charge in [-0.1, -0.05) is 35.0 Å². The molecule has 1 nitrogen and oxygen atoms in total. The summed E-state index contributed by atoms with van der Waals surface area (Å²) in [4.78, 5) is 0. The lowest BCUT2D eigenvalue weighted by molar-refractivity contribution is 0.530. The standard InChI is InChI=1S/C15H18BrNS/c1-2-7-17-15(13-6-8-18-11-13)10-12-4-3-5-14(16)9-12/h3-6,8-9,11,15,17H,2,7,10H2,1H3. The largest absolute Gasteiger partial charge is 0.310 e. The van der Waals surface area contributed by atoms with Crippen molar-refractivity contribution in [3.8, 4) is 0 Å². The molecule has 0 fully saturated rings. The van der Waals surface area contributed by atoms with Gasteiger partial charge in [0.15, 0.2) is 0 Å². The van der Waals surface area contributed by atoms with Gasteiger partial charge in [0, 0.05) is 10.5 Å². The van der Waals surface area contributed by atoms with Gasteiger partial charge in [0.25, 0.3) is 0 Å². The third kappa shape index (κ3) is 3.94. The van der Waals surface area contributed by atoms with Crippen LogP contribution in [-0.4, -0.2) is 6.54 Å². The minimum Gasteiger partial charge on any atom is -0.310 e. The van der Waals surface area contributed by atoms with E-state index in [-0.39, 0.29) is 0 Å². The molecule has 0 saturated heterocycles. The van der Waals surface area contributed by atoms with Crippen molar-refractivity contribution in [1.29, 1.82) is 0 Å². The summed E-state index contributed by atoms with van der Waals surface area (Å²) in [5.74, 6) is 0. The topological polar surface area (TPSA) is 12.0 Å². The SMILES string of the molecule is CCCNC(Cc1cccc(Br)c1)c1ccsc1. The van der Waals surface area contributed by atoms with E-state index in [1.54, 1.807) is 11.3 Å². The summed E-state index contributed by atoms with van der Waals surface area (Å²) in [6, 6.07) is 11.2. The summed E-state index contributed by atoms with van der Waals surface area (Å²) in [5, 5.41) is 8.02. The molecule has 3 heteroatoms. The molecule has 18 heavy (non-hydrogen) atoms. The van der Waals surface area contributed by atoms with Crippen LogP contribution in [0.4, 0.5) is 0 Å². The molecule has 1 aromatic carbocycles. The molecule has 0 aliphatic heterocycles. The Kier molecular flexibility index (Phi) is 5.42. The number of rotatable bonds is 6. The van der Waals surface area contributed by atoms with Gasteiger partial charge < -0.3 is 5.32 Å². The molecule has 2 aromatic rings. The van der Waals surface area contributed by atoms with Crippen LogP contribution >= 0.6 is 27.3 Å². The van der Waals surface area contributed by atoms with Gasteiger partial charge in [0.1, 0.15) is 0 Å². The lowest BCUT2D eigenvalue weighted by atomic mass is 10.0. The van der Waals surface area contributed by atoms with Gasteiger partial charge in [-0.05, 0) is 59.5 Å². The third-order valence-electron chi connectivity index (χ3n) is 2.92. The van der Waals surface area contributed by atoms with Crippen molar-refractivity contribution in [2.24, 2.45) is 0 Å². The highest BCUT2D eigenvalue weighted by molar-refractivity contribution is 9.10. The number of benzene rings is 1. The van der Waals surface area contributed by atoms with E-state index in [9.17, 15) is 0 Å². The van der Waals surface area contributed by atoms with E-state index in [2.05, 4.69) is 69.3 Å². The number of halogens is 1. The first kappa shape index (κ1) is 13.8. The fraction of sp³-hybridized carbons (Fsp3) is 0.333. The Labute approximate surface area is 121 Å². The second-order valence-electron chi connectivity index (χ2n) is 4.40. The summed E-state index contributed by atoms with van der Waals surface area (Å²) in [7, 11) is 0. The van der Waals surface area contributed by atoms with Crippen LogP contribution in [0.1, 0.15) is 30.5 Å². The van der Waals surface area contributed by atoms with Crippen molar-refractivity contribution >= 4 is 27.3 Å². The van der Waals surface area contributed by atoms with Gasteiger partial charge in [-0.2, -0.15) is 11.3 Å². The quantitative estimate of drug-likeness (QED) is 0.805. The van der Waals surface area contributed by atoms with Crippen LogP contribution in [0.25, 0.3) is 0 Å². The second-order valence-corrected chi connectivity index (χ2v) is 6.09. The molecule has 96 valence electrons. The van der Waals surface area contributed by atoms with Crippen molar-refractivity contribution in [1.82, 2.24) is 5.32 Å². The number of nitrogens with one attached hydrogen (secondary N) is 1. The van der Waals surface area contributed by atoms with E-state index >= 15 is 0 Å². The number of thiophene rings is 1. The smallest absolute Gasteiger partial charge is 0.0369 e. The molecule has 0 amide bonds. The van der Waals surface area contributed by atoms with Gasteiger partial charge in [0.05, 0.1) is 0 Å². The Morgan fingerprint density at radius 3 is 2.89 bits per heavy atom. The highest BCUT2D eigenvalue weighted by Gasteiger charge is 2.11. The van der Waals surface area contributed by atoms with Crippen LogP contribution in [0.2, 0.25) is 0 Å². The molecule has 1 N–H and O–H groups in total. The minimum absolute atomic E-state index is 0.422. The summed E-state index contributed by atoms with van der Waals surface area (Å²) < 4.78 is 1.15. The first-order valence-electron chi connectivity index (χ1n) is 6.29. The fourth-order valence-corrected chi connectivity index (χ4v) is 3.16. The molecule has 2 rings (SSSR count). The van der Waals surface area contributed by atoms with Gasteiger partial charge in [-0.25, -0.2) is 0 Å². The molecule has 1 aromatic heterocycles. The molecular weight excluding hydrogens is 306 g/mol. The van der Waals surface area contributed by atoms with Crippen LogP contribution in [0, 0.1) is 0 Å². The molecule has 1 heterocycles. The Morgan fingerprint density at radius 2 is 2.22 bits per heavy atom. The molecule has 0 radical (unpaired) electrons. The van der Waals surface area contributed by atoms with Crippen molar-refractivity contribution in [3.63, 3.8) is 0 Å². The molecular formula is C15H18BrNS. The van der Waals surface area contributed by atoms with Crippen molar-refractivity contribution < 1.29 is 0 Å². The molecule has 0 aliphatic rings. The van der Waals surface area contributed by atoms with E-state index in [4.69, 9.17) is 0 Å². The molecule has 0 aliphatic carbocycles. The average Bonchev–Trinajstić information content (AvgIpc) is 2.88. The molecule has 0 spiro atoms. The predicted molar refractivity (Wildman–Crippen MR) is 83.2 cm³/mol. The third-order valence-corrected chi connectivity index (χ3v) is 4.11. The molecule has 0 saturated carbocycles. The Bertz CT molecular complexity index is 467. The van der Waals surface area contributed by atoms with Gasteiger partial charge in [-0.15, -0.1) is 0 Å². The first-order chi connectivity index (χ1) is 8.79. The van der Waals surface area contributed by atoms with Crippen LogP contribution in [0.15, 0.2) is 45.6 Å². The van der Waals surface area contributed by atoms with E-state index in [0.717, 1.165) is 17.4 Å². The van der Waals surface area contributed by atoms with Crippen molar-refractivity contribution in [3.05, 3.63) is 56.7 Å². The zero-order chi connectivity index (χ0) is 12.8. The molecule has 0 bridgehead atoms. The maximum atomic E-state index is 3.63. The summed E-state index contributed by atoms with van der Waals surface area (Å²) in [5.41, 5.74) is 2.76. The van der Waals surface area contributed by atoms with E-state index in [0.29, 0.717) is 6.04 Å². The van der Waals surface area contributed by atoms with Crippen LogP contribution < -0.4 is 5.32 Å². The average molecular weight is 324 g/mol. The zero-order valence-electron chi connectivity index (χ0n) is 10.5. The highest BCUT2D eigenvalue weighted by atomic mass is 79.9. The number of hydrogen-bond donors (Lipinski definition) is 1. The second kappa shape index (κ2) is 7.07. The molecule has 1 atom stereocenters. The van der Waals surface area contributed by atoms with E-state index in [1.807, 2.05) is 0 Å². The van der Waals surface area contributed by atoms with E-state index < -0.39 is 0 Å². The van der Waals surface area contributed by atoms with Crippen LogP contribution in [0.5, 0.6) is 0 Å². The zero-order valence-corrected chi connectivity index (χ0v) is 12.9. The highest BCUT2D eigenvalue weighted by Crippen LogP contribution is 2.22. The Morgan fingerprint density at radius 1 is 1.33 bits per heavy atom. The lowest BCUT2D eigenvalue weighted by Crippen LogP contribution is -2.23. The minimum atomic E-state index is 0.422. The Hall–Kier alpha value is -0.640. The summed E-state index contributed by atoms with van der Waals surface area (Å²) >= 11 is 5.30. The molecule has 1 unspecified atom stereocenters. The maximum Gasteiger partial charge on any atom is 0.0369 e. The normalized spacial score (nSPS) is 12.6. The van der Waals surface area contributed by atoms with Gasteiger partial charge in [0.2, 0.25) is 0 Å². The monoisotopic (exact) mass is 323 g/mol. The Balaban J connectivity index is 2.10. The maximum absolute atomic E-state index is 3.63. The van der Waals surface area contributed by atoms with Crippen molar-refractivity contribution in [2.75, 3.05) is 6.54 Å². The lowest BCUT2D eigenvalue weighted by Gasteiger charge is -2.17. The van der Waals surface area contributed by atoms with Crippen LogP contribution in [0.3, 0.4) is 0 Å².